The van der Waals surface area contributed by atoms with E-state index in [9.17, 15) is 5.11 Å². The molecule has 0 bridgehead atoms. The highest BCUT2D eigenvalue weighted by Crippen LogP contribution is 2.40. The van der Waals surface area contributed by atoms with Gasteiger partial charge in [-0.05, 0) is 37.6 Å². The van der Waals surface area contributed by atoms with Crippen molar-refractivity contribution in [2.24, 2.45) is 14.1 Å². The van der Waals surface area contributed by atoms with Crippen molar-refractivity contribution in [1.82, 2.24) is 23.3 Å². The molecule has 5 aromatic rings. The second-order valence-electron chi connectivity index (χ2n) is 7.91. The molecule has 5 rings (SSSR count). The van der Waals surface area contributed by atoms with Crippen LogP contribution in [0.2, 0.25) is 0 Å². The van der Waals surface area contributed by atoms with Crippen LogP contribution in [0.1, 0.15) is 19.4 Å². The first kappa shape index (κ1) is 19.0. The highest BCUT2D eigenvalue weighted by molar-refractivity contribution is 14.2. The summed E-state index contributed by atoms with van der Waals surface area (Å²) >= 11 is 2.30. The van der Waals surface area contributed by atoms with Crippen LogP contribution in [0.4, 0.5) is 0 Å². The van der Waals surface area contributed by atoms with Crippen LogP contribution in [-0.2, 0) is 19.7 Å². The van der Waals surface area contributed by atoms with Crippen molar-refractivity contribution in [3.05, 3.63) is 48.4 Å². The molecular formula is C21H20IN5OS. The number of aliphatic hydroxyl groups is 1. The molecule has 4 aromatic heterocycles. The van der Waals surface area contributed by atoms with E-state index >= 15 is 0 Å². The SMILES string of the molecule is Cn1cc(-c2cc3c4c(cnc3n2SI)cnn4C)c2cc(C(C)(C)O)ccc21. The van der Waals surface area contributed by atoms with Crippen LogP contribution in [0.25, 0.3) is 44.1 Å². The fraction of sp³-hybridized carbons (Fsp3) is 0.238. The summed E-state index contributed by atoms with van der Waals surface area (Å²) in [6, 6.07) is 8.37. The zero-order chi connectivity index (χ0) is 20.5. The summed E-state index contributed by atoms with van der Waals surface area (Å²) in [5, 5.41) is 18.1. The van der Waals surface area contributed by atoms with Crippen molar-refractivity contribution >= 4 is 63.2 Å². The lowest BCUT2D eigenvalue weighted by Gasteiger charge is -2.18. The molecule has 0 aliphatic carbocycles. The first-order valence-corrected chi connectivity index (χ1v) is 12.5. The van der Waals surface area contributed by atoms with E-state index in [2.05, 4.69) is 66.3 Å². The van der Waals surface area contributed by atoms with Crippen molar-refractivity contribution in [2.45, 2.75) is 19.4 Å². The summed E-state index contributed by atoms with van der Waals surface area (Å²) in [4.78, 5) is 4.72. The lowest BCUT2D eigenvalue weighted by molar-refractivity contribution is 0.0787. The van der Waals surface area contributed by atoms with E-state index in [1.54, 1.807) is 9.12 Å². The lowest BCUT2D eigenvalue weighted by Crippen LogP contribution is -2.15. The van der Waals surface area contributed by atoms with E-state index in [0.717, 1.165) is 49.7 Å². The Morgan fingerprint density at radius 3 is 2.62 bits per heavy atom. The monoisotopic (exact) mass is 517 g/mol. The minimum absolute atomic E-state index is 0.894. The third-order valence-corrected chi connectivity index (χ3v) is 7.21. The predicted octanol–water partition coefficient (Wildman–Crippen LogP) is 5.16. The second-order valence-corrected chi connectivity index (χ2v) is 9.59. The van der Waals surface area contributed by atoms with Gasteiger partial charge in [0, 0.05) is 84.1 Å². The molecule has 0 aliphatic rings. The molecule has 0 amide bonds. The molecule has 8 heteroatoms. The molecule has 29 heavy (non-hydrogen) atoms. The molecule has 0 spiro atoms. The van der Waals surface area contributed by atoms with Crippen LogP contribution in [0.15, 0.2) is 42.9 Å². The van der Waals surface area contributed by atoms with Crippen LogP contribution in [-0.4, -0.2) is 28.4 Å². The minimum Gasteiger partial charge on any atom is -0.386 e. The molecule has 0 saturated carbocycles. The largest absolute Gasteiger partial charge is 0.386 e. The fourth-order valence-electron chi connectivity index (χ4n) is 4.02. The Bertz CT molecular complexity index is 1410. The van der Waals surface area contributed by atoms with Gasteiger partial charge in [-0.2, -0.15) is 5.10 Å². The Kier molecular flexibility index (Phi) is 4.24. The third-order valence-electron chi connectivity index (χ3n) is 5.52. The number of rotatable bonds is 3. The van der Waals surface area contributed by atoms with Gasteiger partial charge in [-0.25, -0.2) is 4.98 Å². The molecule has 6 nitrogen and oxygen atoms in total. The standard InChI is InChI=1S/C21H20IN5OS/c1-21(2,28)13-5-6-17-14(7-13)16(11-25(17)3)18-8-15-19-12(10-24-26(19)4)9-23-20(15)27(18)29-22/h5-11,28H,1-4H3. The van der Waals surface area contributed by atoms with Gasteiger partial charge in [0.25, 0.3) is 0 Å². The van der Waals surface area contributed by atoms with Gasteiger partial charge in [0.05, 0.1) is 23.0 Å². The maximum Gasteiger partial charge on any atom is 0.153 e. The number of benzene rings is 1. The van der Waals surface area contributed by atoms with Crippen LogP contribution in [0, 0.1) is 0 Å². The number of hydrogen-bond donors (Lipinski definition) is 1. The Morgan fingerprint density at radius 1 is 1.10 bits per heavy atom. The van der Waals surface area contributed by atoms with Gasteiger partial charge in [0.1, 0.15) is 0 Å². The maximum atomic E-state index is 10.5. The number of halogens is 1. The number of fused-ring (bicyclic) bond motifs is 4. The highest BCUT2D eigenvalue weighted by Gasteiger charge is 2.22. The van der Waals surface area contributed by atoms with Crippen LogP contribution in [0.5, 0.6) is 0 Å². The molecule has 4 heterocycles. The van der Waals surface area contributed by atoms with E-state index in [-0.39, 0.29) is 0 Å². The number of aromatic nitrogens is 5. The van der Waals surface area contributed by atoms with E-state index in [0.29, 0.717) is 0 Å². The van der Waals surface area contributed by atoms with Crippen molar-refractivity contribution in [3.8, 4) is 11.3 Å². The fourth-order valence-corrected chi connectivity index (χ4v) is 5.66. The van der Waals surface area contributed by atoms with E-state index in [1.165, 1.54) is 0 Å². The van der Waals surface area contributed by atoms with E-state index in [1.807, 2.05) is 44.0 Å². The average Bonchev–Trinajstić information content (AvgIpc) is 3.33. The topological polar surface area (TPSA) is 60.8 Å². The number of aryl methyl sites for hydroxylation is 2. The Hall–Kier alpha value is -2.04. The zero-order valence-electron chi connectivity index (χ0n) is 16.5. The molecule has 0 radical (unpaired) electrons. The normalized spacial score (nSPS) is 12.6. The summed E-state index contributed by atoms with van der Waals surface area (Å²) in [5.41, 5.74) is 5.33. The molecule has 0 fully saturated rings. The first-order valence-electron chi connectivity index (χ1n) is 9.23. The molecule has 0 saturated heterocycles. The maximum absolute atomic E-state index is 10.5. The van der Waals surface area contributed by atoms with Crippen molar-refractivity contribution in [2.75, 3.05) is 0 Å². The Labute approximate surface area is 184 Å². The van der Waals surface area contributed by atoms with Gasteiger partial charge in [-0.15, -0.1) is 0 Å². The van der Waals surface area contributed by atoms with Gasteiger partial charge in [-0.1, -0.05) is 6.07 Å². The Morgan fingerprint density at radius 2 is 1.90 bits per heavy atom. The summed E-state index contributed by atoms with van der Waals surface area (Å²) in [6.45, 7) is 3.63. The van der Waals surface area contributed by atoms with Crippen molar-refractivity contribution in [3.63, 3.8) is 0 Å². The van der Waals surface area contributed by atoms with E-state index < -0.39 is 5.60 Å². The van der Waals surface area contributed by atoms with Gasteiger partial charge in [0.2, 0.25) is 0 Å². The zero-order valence-corrected chi connectivity index (χ0v) is 19.5. The molecule has 1 aromatic carbocycles. The number of hydrogen-bond acceptors (Lipinski definition) is 4. The molecule has 148 valence electrons. The molecular weight excluding hydrogens is 497 g/mol. The summed E-state index contributed by atoms with van der Waals surface area (Å²) in [7, 11) is 5.62. The quantitative estimate of drug-likeness (QED) is 0.336. The summed E-state index contributed by atoms with van der Waals surface area (Å²) < 4.78 is 6.19. The van der Waals surface area contributed by atoms with Crippen LogP contribution >= 0.6 is 30.3 Å². The minimum atomic E-state index is -0.894. The van der Waals surface area contributed by atoms with Crippen LogP contribution < -0.4 is 0 Å². The Balaban J connectivity index is 1.87. The van der Waals surface area contributed by atoms with Gasteiger partial charge >= 0.3 is 0 Å². The summed E-state index contributed by atoms with van der Waals surface area (Å²) in [5.74, 6) is 0. The predicted molar refractivity (Wildman–Crippen MR) is 128 cm³/mol. The van der Waals surface area contributed by atoms with Crippen molar-refractivity contribution < 1.29 is 5.11 Å². The average molecular weight is 517 g/mol. The first-order chi connectivity index (χ1) is 13.8. The lowest BCUT2D eigenvalue weighted by atomic mass is 9.96. The second kappa shape index (κ2) is 6.48. The molecule has 0 atom stereocenters. The van der Waals surface area contributed by atoms with E-state index in [4.69, 9.17) is 4.98 Å². The summed E-state index contributed by atoms with van der Waals surface area (Å²) in [6.07, 6.45) is 5.88. The molecule has 0 unspecified atom stereocenters. The van der Waals surface area contributed by atoms with Gasteiger partial charge < -0.3 is 9.67 Å². The van der Waals surface area contributed by atoms with Crippen LogP contribution in [0.3, 0.4) is 0 Å². The molecule has 0 aliphatic heterocycles. The van der Waals surface area contributed by atoms with Gasteiger partial charge in [0.15, 0.2) is 5.65 Å². The van der Waals surface area contributed by atoms with Gasteiger partial charge in [-0.3, -0.25) is 8.65 Å². The smallest absolute Gasteiger partial charge is 0.153 e. The molecule has 1 N–H and O–H groups in total. The number of nitrogens with zero attached hydrogens (tertiary/aromatic N) is 5. The highest BCUT2D eigenvalue weighted by atomic mass is 127. The third kappa shape index (κ3) is 2.80. The van der Waals surface area contributed by atoms with Crippen molar-refractivity contribution in [1.29, 1.82) is 0 Å². The number of pyridine rings is 1.